The van der Waals surface area contributed by atoms with Crippen LogP contribution in [0.15, 0.2) is 91.0 Å². The van der Waals surface area contributed by atoms with Crippen molar-refractivity contribution in [3.05, 3.63) is 102 Å². The van der Waals surface area contributed by atoms with Crippen molar-refractivity contribution in [3.8, 4) is 0 Å². The molecule has 3 aromatic carbocycles. The highest BCUT2D eigenvalue weighted by molar-refractivity contribution is 5.96. The Kier molecular flexibility index (Phi) is 7.45. The van der Waals surface area contributed by atoms with E-state index in [1.165, 1.54) is 0 Å². The fourth-order valence-electron chi connectivity index (χ4n) is 5.80. The number of hydrogen-bond acceptors (Lipinski definition) is 4. The Morgan fingerprint density at radius 1 is 0.842 bits per heavy atom. The van der Waals surface area contributed by atoms with E-state index in [4.69, 9.17) is 0 Å². The van der Waals surface area contributed by atoms with E-state index in [2.05, 4.69) is 10.2 Å². The average molecular weight is 511 g/mol. The lowest BCUT2D eigenvalue weighted by molar-refractivity contribution is -0.140. The largest absolute Gasteiger partial charge is 0.355 e. The fourth-order valence-corrected chi connectivity index (χ4v) is 5.80. The maximum atomic E-state index is 14.0. The van der Waals surface area contributed by atoms with Gasteiger partial charge < -0.3 is 20.0 Å². The number of hydrogen-bond donors (Lipinski definition) is 1. The SMILES string of the molecule is CCNC(=O)CN1CN(c2ccccc2)C2(CCN(C(=O)C(c3ccccc3)c3ccccc3)CC2)C1=O. The Bertz CT molecular complexity index is 1220. The number of benzene rings is 3. The van der Waals surface area contributed by atoms with Crippen LogP contribution in [-0.2, 0) is 14.4 Å². The molecule has 2 aliphatic heterocycles. The minimum Gasteiger partial charge on any atom is -0.355 e. The van der Waals surface area contributed by atoms with Crippen LogP contribution in [0.3, 0.4) is 0 Å². The summed E-state index contributed by atoms with van der Waals surface area (Å²) in [4.78, 5) is 45.9. The summed E-state index contributed by atoms with van der Waals surface area (Å²) < 4.78 is 0. The van der Waals surface area contributed by atoms with E-state index in [1.807, 2.05) is 103 Å². The molecule has 7 heteroatoms. The van der Waals surface area contributed by atoms with Crippen molar-refractivity contribution >= 4 is 23.4 Å². The van der Waals surface area contributed by atoms with Gasteiger partial charge in [-0.05, 0) is 43.0 Å². The second-order valence-corrected chi connectivity index (χ2v) is 9.97. The Balaban J connectivity index is 1.40. The van der Waals surface area contributed by atoms with Gasteiger partial charge in [0.25, 0.3) is 5.91 Å². The number of anilines is 1. The van der Waals surface area contributed by atoms with Gasteiger partial charge in [0, 0.05) is 25.3 Å². The number of nitrogens with one attached hydrogen (secondary N) is 1. The summed E-state index contributed by atoms with van der Waals surface area (Å²) in [5.74, 6) is -0.548. The molecule has 0 aromatic heterocycles. The summed E-state index contributed by atoms with van der Waals surface area (Å²) in [6.45, 7) is 3.72. The van der Waals surface area contributed by atoms with Crippen molar-refractivity contribution in [3.63, 3.8) is 0 Å². The third-order valence-electron chi connectivity index (χ3n) is 7.71. The topological polar surface area (TPSA) is 73.0 Å². The summed E-state index contributed by atoms with van der Waals surface area (Å²) in [6.07, 6.45) is 1.02. The van der Waals surface area contributed by atoms with Crippen molar-refractivity contribution in [1.82, 2.24) is 15.1 Å². The molecule has 5 rings (SSSR count). The summed E-state index contributed by atoms with van der Waals surface area (Å²) in [6, 6.07) is 29.6. The van der Waals surface area contributed by atoms with Crippen LogP contribution in [0.1, 0.15) is 36.8 Å². The van der Waals surface area contributed by atoms with Gasteiger partial charge in [0.05, 0.1) is 12.6 Å². The van der Waals surface area contributed by atoms with Crippen LogP contribution in [0.25, 0.3) is 0 Å². The lowest BCUT2D eigenvalue weighted by Crippen LogP contribution is -2.58. The first-order valence-corrected chi connectivity index (χ1v) is 13.3. The number of amides is 3. The Labute approximate surface area is 224 Å². The molecular formula is C31H34N4O3. The highest BCUT2D eigenvalue weighted by Gasteiger charge is 2.54. The summed E-state index contributed by atoms with van der Waals surface area (Å²) in [5, 5.41) is 2.80. The molecule has 0 bridgehead atoms. The molecule has 2 aliphatic rings. The van der Waals surface area contributed by atoms with Gasteiger partial charge in [-0.15, -0.1) is 0 Å². The van der Waals surface area contributed by atoms with Gasteiger partial charge >= 0.3 is 0 Å². The maximum absolute atomic E-state index is 14.0. The molecule has 3 amide bonds. The molecule has 1 N–H and O–H groups in total. The lowest BCUT2D eigenvalue weighted by atomic mass is 9.83. The minimum absolute atomic E-state index is 0.0322. The summed E-state index contributed by atoms with van der Waals surface area (Å²) in [7, 11) is 0. The molecule has 2 fully saturated rings. The molecule has 0 saturated carbocycles. The third-order valence-corrected chi connectivity index (χ3v) is 7.71. The van der Waals surface area contributed by atoms with Crippen molar-refractivity contribution in [2.24, 2.45) is 0 Å². The molecule has 0 unspecified atom stereocenters. The van der Waals surface area contributed by atoms with Crippen molar-refractivity contribution in [2.45, 2.75) is 31.2 Å². The van der Waals surface area contributed by atoms with E-state index in [1.54, 1.807) is 4.90 Å². The van der Waals surface area contributed by atoms with Gasteiger partial charge in [-0.2, -0.15) is 0 Å². The van der Waals surface area contributed by atoms with Crippen LogP contribution >= 0.6 is 0 Å². The molecule has 196 valence electrons. The molecular weight excluding hydrogens is 476 g/mol. The summed E-state index contributed by atoms with van der Waals surface area (Å²) in [5.41, 5.74) is 2.09. The van der Waals surface area contributed by atoms with Crippen molar-refractivity contribution in [2.75, 3.05) is 37.7 Å². The zero-order valence-corrected chi connectivity index (χ0v) is 21.8. The van der Waals surface area contributed by atoms with Crippen molar-refractivity contribution in [1.29, 1.82) is 0 Å². The van der Waals surface area contributed by atoms with Crippen LogP contribution in [0, 0.1) is 0 Å². The van der Waals surface area contributed by atoms with Gasteiger partial charge in [-0.3, -0.25) is 14.4 Å². The molecule has 2 heterocycles. The Morgan fingerprint density at radius 2 is 1.37 bits per heavy atom. The predicted octanol–water partition coefficient (Wildman–Crippen LogP) is 3.62. The van der Waals surface area contributed by atoms with E-state index in [0.29, 0.717) is 39.1 Å². The van der Waals surface area contributed by atoms with E-state index >= 15 is 0 Å². The van der Waals surface area contributed by atoms with Gasteiger partial charge in [0.2, 0.25) is 11.8 Å². The minimum atomic E-state index is -0.778. The Hall–Kier alpha value is -4.13. The zero-order valence-electron chi connectivity index (χ0n) is 21.8. The second kappa shape index (κ2) is 11.1. The van der Waals surface area contributed by atoms with Gasteiger partial charge in [-0.1, -0.05) is 78.9 Å². The molecule has 3 aromatic rings. The predicted molar refractivity (Wildman–Crippen MR) is 147 cm³/mol. The van der Waals surface area contributed by atoms with Crippen LogP contribution in [-0.4, -0.2) is 65.9 Å². The van der Waals surface area contributed by atoms with E-state index in [9.17, 15) is 14.4 Å². The second-order valence-electron chi connectivity index (χ2n) is 9.97. The first-order chi connectivity index (χ1) is 18.5. The first kappa shape index (κ1) is 25.5. The quantitative estimate of drug-likeness (QED) is 0.527. The van der Waals surface area contributed by atoms with Gasteiger partial charge in [0.15, 0.2) is 0 Å². The highest BCUT2D eigenvalue weighted by Crippen LogP contribution is 2.40. The molecule has 0 aliphatic carbocycles. The van der Waals surface area contributed by atoms with Crippen LogP contribution < -0.4 is 10.2 Å². The van der Waals surface area contributed by atoms with Crippen LogP contribution in [0.2, 0.25) is 0 Å². The smallest absolute Gasteiger partial charge is 0.250 e. The number of nitrogens with zero attached hydrogens (tertiary/aromatic N) is 3. The van der Waals surface area contributed by atoms with Crippen LogP contribution in [0.5, 0.6) is 0 Å². The number of rotatable bonds is 7. The fraction of sp³-hybridized carbons (Fsp3) is 0.323. The Morgan fingerprint density at radius 3 is 1.89 bits per heavy atom. The number of likely N-dealkylation sites (N-methyl/N-ethyl adjacent to an activating group) is 1. The standard InChI is InChI=1S/C31H34N4O3/c1-2-32-27(36)22-34-23-35(26-16-10-5-11-17-26)31(30(34)38)18-20-33(21-19-31)29(37)28(24-12-6-3-7-13-24)25-14-8-4-9-15-25/h3-17,28H,2,18-23H2,1H3,(H,32,36). The molecule has 0 radical (unpaired) electrons. The molecule has 0 atom stereocenters. The number of carbonyl (C=O) groups excluding carboxylic acids is 3. The molecule has 2 saturated heterocycles. The third kappa shape index (κ3) is 4.88. The normalized spacial score (nSPS) is 16.8. The lowest BCUT2D eigenvalue weighted by Gasteiger charge is -2.44. The summed E-state index contributed by atoms with van der Waals surface area (Å²) >= 11 is 0. The number of piperidine rings is 1. The zero-order chi connectivity index (χ0) is 26.5. The molecule has 38 heavy (non-hydrogen) atoms. The maximum Gasteiger partial charge on any atom is 0.250 e. The van der Waals surface area contributed by atoms with E-state index in [-0.39, 0.29) is 24.3 Å². The van der Waals surface area contributed by atoms with Gasteiger partial charge in [-0.25, -0.2) is 0 Å². The molecule has 1 spiro atoms. The number of carbonyl (C=O) groups is 3. The highest BCUT2D eigenvalue weighted by atomic mass is 16.2. The molecule has 7 nitrogen and oxygen atoms in total. The van der Waals surface area contributed by atoms with Gasteiger partial charge in [0.1, 0.15) is 12.1 Å². The van der Waals surface area contributed by atoms with E-state index in [0.717, 1.165) is 16.8 Å². The van der Waals surface area contributed by atoms with Crippen molar-refractivity contribution < 1.29 is 14.4 Å². The first-order valence-electron chi connectivity index (χ1n) is 13.3. The van der Waals surface area contributed by atoms with E-state index < -0.39 is 11.5 Å². The number of likely N-dealkylation sites (tertiary alicyclic amines) is 1. The van der Waals surface area contributed by atoms with Crippen LogP contribution in [0.4, 0.5) is 5.69 Å². The number of para-hydroxylation sites is 1. The average Bonchev–Trinajstić information content (AvgIpc) is 3.21. The monoisotopic (exact) mass is 510 g/mol.